The Morgan fingerprint density at radius 3 is 2.90 bits per heavy atom. The van der Waals surface area contributed by atoms with Crippen molar-refractivity contribution in [2.75, 3.05) is 17.3 Å². The Balaban J connectivity index is 1.91. The van der Waals surface area contributed by atoms with E-state index in [0.29, 0.717) is 10.6 Å². The average Bonchev–Trinajstić information content (AvgIpc) is 2.92. The summed E-state index contributed by atoms with van der Waals surface area (Å²) in [4.78, 5) is 14.2. The molecule has 0 fully saturated rings. The maximum absolute atomic E-state index is 13.7. The maximum Gasteiger partial charge on any atom is 0.268 e. The van der Waals surface area contributed by atoms with E-state index in [0.717, 1.165) is 16.3 Å². The van der Waals surface area contributed by atoms with Crippen molar-refractivity contribution in [1.29, 1.82) is 0 Å². The van der Waals surface area contributed by atoms with Crippen LogP contribution in [0.4, 0.5) is 15.8 Å². The van der Waals surface area contributed by atoms with E-state index in [1.54, 1.807) is 30.1 Å². The fourth-order valence-electron chi connectivity index (χ4n) is 2.83. The number of carbonyl (C=O) groups is 1. The maximum atomic E-state index is 13.7. The van der Waals surface area contributed by atoms with Gasteiger partial charge in [-0.05, 0) is 36.4 Å². The van der Waals surface area contributed by atoms with E-state index in [1.165, 1.54) is 23.9 Å². The number of nitrogens with one attached hydrogen (secondary N) is 1. The van der Waals surface area contributed by atoms with Gasteiger partial charge in [0.2, 0.25) is 0 Å². The average molecular weight is 321 g/mol. The Morgan fingerprint density at radius 1 is 1.29 bits per heavy atom. The van der Waals surface area contributed by atoms with Crippen LogP contribution in [-0.2, 0) is 9.67 Å². The summed E-state index contributed by atoms with van der Waals surface area (Å²) in [6.45, 7) is 0. The van der Waals surface area contributed by atoms with Crippen LogP contribution in [0.2, 0.25) is 5.02 Å². The highest BCUT2D eigenvalue weighted by molar-refractivity contribution is 8.01. The number of rotatable bonds is 0. The van der Waals surface area contributed by atoms with Crippen LogP contribution < -0.4 is 10.2 Å². The first kappa shape index (κ1) is 13.0. The Kier molecular flexibility index (Phi) is 2.56. The van der Waals surface area contributed by atoms with Crippen molar-refractivity contribution in [2.24, 2.45) is 0 Å². The number of benzene rings is 2. The summed E-state index contributed by atoms with van der Waals surface area (Å²) < 4.78 is 13.7. The van der Waals surface area contributed by atoms with Gasteiger partial charge in [0.15, 0.2) is 4.87 Å². The quantitative estimate of drug-likeness (QED) is 0.800. The van der Waals surface area contributed by atoms with Gasteiger partial charge in [0.1, 0.15) is 5.82 Å². The second-order valence-corrected chi connectivity index (χ2v) is 6.77. The molecule has 1 N–H and O–H groups in total. The number of thioether (sulfide) groups is 1. The Bertz CT molecular complexity index is 797. The smallest absolute Gasteiger partial charge is 0.268 e. The number of hydrogen-bond donors (Lipinski definition) is 1. The van der Waals surface area contributed by atoms with Gasteiger partial charge in [-0.15, -0.1) is 0 Å². The molecule has 1 spiro atoms. The predicted octanol–water partition coefficient (Wildman–Crippen LogP) is 3.83. The molecular weight excluding hydrogens is 311 g/mol. The number of hydrogen-bond acceptors (Lipinski definition) is 3. The number of likely N-dealkylation sites (N-methyl/N-ethyl adjacent to an activating group) is 1. The lowest BCUT2D eigenvalue weighted by atomic mass is 10.1. The predicted molar refractivity (Wildman–Crippen MR) is 82.4 cm³/mol. The molecule has 3 nitrogen and oxygen atoms in total. The molecule has 0 bridgehead atoms. The van der Waals surface area contributed by atoms with Gasteiger partial charge in [-0.25, -0.2) is 4.39 Å². The van der Waals surface area contributed by atoms with Gasteiger partial charge >= 0.3 is 0 Å². The fraction of sp³-hybridized carbons (Fsp3) is 0.133. The lowest BCUT2D eigenvalue weighted by Crippen LogP contribution is -2.39. The topological polar surface area (TPSA) is 32.3 Å². The van der Waals surface area contributed by atoms with Gasteiger partial charge < -0.3 is 10.2 Å². The van der Waals surface area contributed by atoms with E-state index in [9.17, 15) is 9.18 Å². The van der Waals surface area contributed by atoms with Crippen molar-refractivity contribution in [2.45, 2.75) is 9.77 Å². The molecule has 2 heterocycles. The Labute approximate surface area is 130 Å². The minimum absolute atomic E-state index is 0.111. The molecule has 0 radical (unpaired) electrons. The molecule has 0 saturated heterocycles. The van der Waals surface area contributed by atoms with Gasteiger partial charge in [-0.3, -0.25) is 4.79 Å². The van der Waals surface area contributed by atoms with Gasteiger partial charge in [-0.1, -0.05) is 23.4 Å². The lowest BCUT2D eigenvalue weighted by Gasteiger charge is -2.22. The van der Waals surface area contributed by atoms with E-state index in [2.05, 4.69) is 5.32 Å². The van der Waals surface area contributed by atoms with Crippen molar-refractivity contribution < 1.29 is 9.18 Å². The van der Waals surface area contributed by atoms with Crippen LogP contribution in [-0.4, -0.2) is 13.0 Å². The number of carbonyl (C=O) groups excluding carboxylic acids is 1. The van der Waals surface area contributed by atoms with Gasteiger partial charge in [0.05, 0.1) is 11.4 Å². The third kappa shape index (κ3) is 1.64. The molecule has 2 aromatic rings. The first-order valence-corrected chi connectivity index (χ1v) is 7.56. The Hall–Kier alpha value is -1.72. The summed E-state index contributed by atoms with van der Waals surface area (Å²) in [5.74, 6) is -0.465. The zero-order valence-corrected chi connectivity index (χ0v) is 12.6. The third-order valence-electron chi connectivity index (χ3n) is 3.82. The first-order valence-electron chi connectivity index (χ1n) is 6.36. The molecule has 1 amide bonds. The van der Waals surface area contributed by atoms with Crippen LogP contribution >= 0.6 is 23.4 Å². The molecule has 0 aromatic heterocycles. The molecule has 1 atom stereocenters. The normalized spacial score (nSPS) is 22.4. The van der Waals surface area contributed by atoms with Crippen molar-refractivity contribution in [3.63, 3.8) is 0 Å². The zero-order valence-electron chi connectivity index (χ0n) is 11.0. The minimum atomic E-state index is -1.00. The highest BCUT2D eigenvalue weighted by Crippen LogP contribution is 2.57. The van der Waals surface area contributed by atoms with Crippen molar-refractivity contribution in [3.05, 3.63) is 52.8 Å². The molecule has 4 rings (SSSR count). The molecule has 2 aromatic carbocycles. The summed E-state index contributed by atoms with van der Waals surface area (Å²) in [5, 5.41) is 3.83. The number of fused-ring (bicyclic) bond motifs is 3. The molecule has 0 saturated carbocycles. The lowest BCUT2D eigenvalue weighted by molar-refractivity contribution is -0.119. The van der Waals surface area contributed by atoms with E-state index >= 15 is 0 Å². The van der Waals surface area contributed by atoms with E-state index in [1.807, 2.05) is 6.07 Å². The minimum Gasteiger partial charge on any atom is -0.358 e. The highest BCUT2D eigenvalue weighted by Gasteiger charge is 2.54. The first-order chi connectivity index (χ1) is 10.0. The van der Waals surface area contributed by atoms with Crippen molar-refractivity contribution >= 4 is 40.6 Å². The van der Waals surface area contributed by atoms with Crippen LogP contribution in [0.25, 0.3) is 0 Å². The molecule has 0 aliphatic carbocycles. The Morgan fingerprint density at radius 2 is 2.10 bits per heavy atom. The van der Waals surface area contributed by atoms with Crippen LogP contribution in [0.3, 0.4) is 0 Å². The van der Waals surface area contributed by atoms with Crippen LogP contribution in [0.1, 0.15) is 5.56 Å². The molecular formula is C15H10ClFN2OS. The fourth-order valence-corrected chi connectivity index (χ4v) is 4.35. The molecule has 21 heavy (non-hydrogen) atoms. The highest BCUT2D eigenvalue weighted by atomic mass is 35.5. The van der Waals surface area contributed by atoms with E-state index < -0.39 is 4.87 Å². The summed E-state index contributed by atoms with van der Waals surface area (Å²) in [6.07, 6.45) is 0. The van der Waals surface area contributed by atoms with Crippen LogP contribution in [0.15, 0.2) is 41.3 Å². The summed E-state index contributed by atoms with van der Waals surface area (Å²) in [5.41, 5.74) is 2.17. The standard InChI is InChI=1S/C15H10ClFN2OS/c1-19-12-4-3-9(17)7-10(12)15(14(19)20)18-11-6-8(16)2-5-13(11)21-15/h2-7,18H,1H3. The van der Waals surface area contributed by atoms with Crippen molar-refractivity contribution in [1.82, 2.24) is 0 Å². The number of anilines is 2. The van der Waals surface area contributed by atoms with E-state index in [-0.39, 0.29) is 11.7 Å². The van der Waals surface area contributed by atoms with Gasteiger partial charge in [0.25, 0.3) is 5.91 Å². The number of nitrogens with zero attached hydrogens (tertiary/aromatic N) is 1. The summed E-state index contributed by atoms with van der Waals surface area (Å²) >= 11 is 7.39. The molecule has 6 heteroatoms. The summed E-state index contributed by atoms with van der Waals surface area (Å²) in [6, 6.07) is 9.85. The summed E-state index contributed by atoms with van der Waals surface area (Å²) in [7, 11) is 1.70. The molecule has 2 aliphatic heterocycles. The molecule has 1 unspecified atom stereocenters. The largest absolute Gasteiger partial charge is 0.358 e. The van der Waals surface area contributed by atoms with Gasteiger partial charge in [-0.2, -0.15) is 0 Å². The number of halogens is 2. The third-order valence-corrected chi connectivity index (χ3v) is 5.43. The second-order valence-electron chi connectivity index (χ2n) is 5.07. The zero-order chi connectivity index (χ0) is 14.8. The van der Waals surface area contributed by atoms with E-state index in [4.69, 9.17) is 11.6 Å². The monoisotopic (exact) mass is 320 g/mol. The second kappa shape index (κ2) is 4.15. The van der Waals surface area contributed by atoms with Crippen molar-refractivity contribution in [3.8, 4) is 0 Å². The molecule has 2 aliphatic rings. The molecule has 106 valence electrons. The van der Waals surface area contributed by atoms with Crippen LogP contribution in [0, 0.1) is 5.82 Å². The SMILES string of the molecule is CN1C(=O)C2(Nc3cc(Cl)ccc3S2)c2cc(F)ccc21. The van der Waals surface area contributed by atoms with Gasteiger partial charge in [0, 0.05) is 22.5 Å². The van der Waals surface area contributed by atoms with Crippen LogP contribution in [0.5, 0.6) is 0 Å². The number of amides is 1.